The Balaban J connectivity index is 1.50. The third-order valence-corrected chi connectivity index (χ3v) is 8.73. The van der Waals surface area contributed by atoms with Crippen molar-refractivity contribution < 1.29 is 55.7 Å². The number of imide groups is 1. The summed E-state index contributed by atoms with van der Waals surface area (Å²) in [5, 5.41) is 21.6. The van der Waals surface area contributed by atoms with Crippen LogP contribution in [0.1, 0.15) is 5.56 Å². The number of anilines is 2. The Bertz CT molecular complexity index is 2010. The lowest BCUT2D eigenvalue weighted by atomic mass is 10.2. The third-order valence-electron chi connectivity index (χ3n) is 6.17. The quantitative estimate of drug-likeness (QED) is 0.195. The Morgan fingerprint density at radius 2 is 1.69 bits per heavy atom. The Hall–Kier alpha value is -5.56. The molecule has 0 spiro atoms. The first-order valence-corrected chi connectivity index (χ1v) is 14.5. The van der Waals surface area contributed by atoms with E-state index in [4.69, 9.17) is 18.7 Å². The summed E-state index contributed by atoms with van der Waals surface area (Å²) >= 11 is 0.706. The fourth-order valence-corrected chi connectivity index (χ4v) is 6.28. The van der Waals surface area contributed by atoms with Crippen molar-refractivity contribution >= 4 is 55.7 Å². The fraction of sp³-hybridized carbons (Fsp3) is 0.115. The SMILES string of the molecule is COc1ccc(CN(c2ncns2)S(=O)(=O)c2cc(F)c(Oc3ccc4onc(N(C(=O)O)C(=O)O)c4c3)cc2F)c(OC)c1. The van der Waals surface area contributed by atoms with Gasteiger partial charge in [0.25, 0.3) is 10.0 Å². The second-order valence-corrected chi connectivity index (χ2v) is 11.4. The first-order chi connectivity index (χ1) is 21.4. The number of hydrogen-bond acceptors (Lipinski definition) is 12. The van der Waals surface area contributed by atoms with Crippen LogP contribution in [-0.4, -0.2) is 59.6 Å². The summed E-state index contributed by atoms with van der Waals surface area (Å²) in [6.07, 6.45) is -2.64. The highest BCUT2D eigenvalue weighted by molar-refractivity contribution is 7.93. The highest BCUT2D eigenvalue weighted by Crippen LogP contribution is 2.36. The van der Waals surface area contributed by atoms with E-state index in [9.17, 15) is 28.2 Å². The number of aromatic nitrogens is 3. The number of carbonyl (C=O) groups is 2. The van der Waals surface area contributed by atoms with Gasteiger partial charge in [0.1, 0.15) is 34.3 Å². The average molecular weight is 664 g/mol. The lowest BCUT2D eigenvalue weighted by Crippen LogP contribution is -2.34. The van der Waals surface area contributed by atoms with Gasteiger partial charge in [-0.1, -0.05) is 5.16 Å². The number of nitrogens with zero attached hydrogens (tertiary/aromatic N) is 5. The number of rotatable bonds is 10. The number of sulfonamides is 1. The molecule has 0 aliphatic carbocycles. The van der Waals surface area contributed by atoms with Crippen molar-refractivity contribution in [3.8, 4) is 23.0 Å². The van der Waals surface area contributed by atoms with Gasteiger partial charge in [-0.3, -0.25) is 0 Å². The maximum absolute atomic E-state index is 15.5. The molecule has 0 aliphatic heterocycles. The van der Waals surface area contributed by atoms with Crippen LogP contribution in [0.25, 0.3) is 11.0 Å². The van der Waals surface area contributed by atoms with Crippen molar-refractivity contribution in [2.45, 2.75) is 11.4 Å². The van der Waals surface area contributed by atoms with Gasteiger partial charge in [0.05, 0.1) is 26.2 Å². The zero-order valence-corrected chi connectivity index (χ0v) is 24.5. The van der Waals surface area contributed by atoms with Crippen molar-refractivity contribution in [1.29, 1.82) is 0 Å². The van der Waals surface area contributed by atoms with Crippen LogP contribution in [0.4, 0.5) is 29.3 Å². The smallest absolute Gasteiger partial charge is 0.422 e. The molecule has 5 rings (SSSR count). The van der Waals surface area contributed by atoms with E-state index in [0.717, 1.165) is 16.7 Å². The van der Waals surface area contributed by atoms with Gasteiger partial charge in [0.2, 0.25) is 5.13 Å². The molecule has 0 bridgehead atoms. The van der Waals surface area contributed by atoms with E-state index in [1.54, 1.807) is 12.1 Å². The molecule has 234 valence electrons. The average Bonchev–Trinajstić information content (AvgIpc) is 3.68. The molecule has 0 unspecified atom stereocenters. The second-order valence-electron chi connectivity index (χ2n) is 8.79. The first-order valence-electron chi connectivity index (χ1n) is 12.3. The number of carboxylic acid groups (broad SMARTS) is 2. The zero-order chi connectivity index (χ0) is 32.5. The molecule has 2 heterocycles. The summed E-state index contributed by atoms with van der Waals surface area (Å²) in [4.78, 5) is 25.6. The van der Waals surface area contributed by atoms with Crippen LogP contribution in [0.15, 0.2) is 64.3 Å². The highest BCUT2D eigenvalue weighted by atomic mass is 32.2. The summed E-state index contributed by atoms with van der Waals surface area (Å²) in [6.45, 7) is -0.394. The Morgan fingerprint density at radius 1 is 0.956 bits per heavy atom. The van der Waals surface area contributed by atoms with Gasteiger partial charge < -0.3 is 28.9 Å². The standard InChI is InChI=1S/C26H19F2N5O10S2/c1-40-14-4-3-13(20(8-14)41-2)11-32(24-29-12-30-44-24)45(38,39)22-10-17(27)21(9-18(22)28)42-15-5-6-19-16(7-15)23(31-43-19)33(25(34)35)26(36)37/h3-10,12H,11H2,1-2H3,(H,34,35)(H,36,37). The van der Waals surface area contributed by atoms with E-state index in [2.05, 4.69) is 14.5 Å². The lowest BCUT2D eigenvalue weighted by Gasteiger charge is -2.23. The molecule has 45 heavy (non-hydrogen) atoms. The summed E-state index contributed by atoms with van der Waals surface area (Å²) in [5.41, 5.74) is 0.314. The number of benzene rings is 3. The normalized spacial score (nSPS) is 11.3. The number of ether oxygens (including phenoxy) is 3. The summed E-state index contributed by atoms with van der Waals surface area (Å²) < 4.78 is 83.8. The lowest BCUT2D eigenvalue weighted by molar-refractivity contribution is 0.183. The molecular formula is C26H19F2N5O10S2. The van der Waals surface area contributed by atoms with Crippen LogP contribution in [0.5, 0.6) is 23.0 Å². The number of fused-ring (bicyclic) bond motifs is 1. The topological polar surface area (TPSA) is 195 Å². The molecule has 2 N–H and O–H groups in total. The van der Waals surface area contributed by atoms with Gasteiger partial charge in [-0.05, 0) is 30.3 Å². The van der Waals surface area contributed by atoms with E-state index in [1.807, 2.05) is 0 Å². The van der Waals surface area contributed by atoms with Crippen LogP contribution < -0.4 is 23.4 Å². The molecule has 0 aliphatic rings. The highest BCUT2D eigenvalue weighted by Gasteiger charge is 2.33. The van der Waals surface area contributed by atoms with Gasteiger partial charge in [0.15, 0.2) is 23.0 Å². The Labute approximate surface area is 255 Å². The molecule has 3 aromatic carbocycles. The van der Waals surface area contributed by atoms with Crippen molar-refractivity contribution in [3.63, 3.8) is 0 Å². The van der Waals surface area contributed by atoms with E-state index in [0.29, 0.717) is 35.0 Å². The van der Waals surface area contributed by atoms with Crippen LogP contribution in [-0.2, 0) is 16.6 Å². The molecule has 2 aromatic heterocycles. The van der Waals surface area contributed by atoms with Crippen molar-refractivity contribution in [1.82, 2.24) is 14.5 Å². The molecule has 2 amide bonds. The van der Waals surface area contributed by atoms with Gasteiger partial charge in [-0.25, -0.2) is 36.1 Å². The second kappa shape index (κ2) is 12.2. The zero-order valence-electron chi connectivity index (χ0n) is 22.9. The number of hydrogen-bond donors (Lipinski definition) is 2. The molecule has 0 saturated carbocycles. The van der Waals surface area contributed by atoms with E-state index < -0.39 is 56.9 Å². The molecular weight excluding hydrogens is 644 g/mol. The molecule has 0 fully saturated rings. The monoisotopic (exact) mass is 663 g/mol. The van der Waals surface area contributed by atoms with Gasteiger partial charge in [-0.15, -0.1) is 0 Å². The number of halogens is 2. The minimum absolute atomic E-state index is 0.0387. The first kappa shape index (κ1) is 30.9. The molecule has 19 heteroatoms. The van der Waals surface area contributed by atoms with Crippen LogP contribution in [0.2, 0.25) is 0 Å². The Kier molecular flexibility index (Phi) is 8.38. The van der Waals surface area contributed by atoms with E-state index in [-0.39, 0.29) is 32.5 Å². The van der Waals surface area contributed by atoms with E-state index >= 15 is 8.78 Å². The minimum atomic E-state index is -4.81. The predicted molar refractivity (Wildman–Crippen MR) is 152 cm³/mol. The van der Waals surface area contributed by atoms with Crippen LogP contribution >= 0.6 is 11.5 Å². The number of methoxy groups -OCH3 is 2. The Morgan fingerprint density at radius 3 is 2.33 bits per heavy atom. The van der Waals surface area contributed by atoms with Crippen molar-refractivity contribution in [2.24, 2.45) is 0 Å². The van der Waals surface area contributed by atoms with E-state index in [1.165, 1.54) is 32.4 Å². The summed E-state index contributed by atoms with van der Waals surface area (Å²) in [7, 11) is -2.01. The van der Waals surface area contributed by atoms with Gasteiger partial charge >= 0.3 is 12.2 Å². The molecule has 15 nitrogen and oxygen atoms in total. The number of amides is 2. The molecule has 0 saturated heterocycles. The molecule has 0 atom stereocenters. The van der Waals surface area contributed by atoms with Crippen LogP contribution in [0.3, 0.4) is 0 Å². The maximum atomic E-state index is 15.5. The molecule has 0 radical (unpaired) electrons. The van der Waals surface area contributed by atoms with Crippen molar-refractivity contribution in [3.05, 3.63) is 72.1 Å². The van der Waals surface area contributed by atoms with Crippen molar-refractivity contribution in [2.75, 3.05) is 23.4 Å². The van der Waals surface area contributed by atoms with Crippen LogP contribution in [0, 0.1) is 11.6 Å². The van der Waals surface area contributed by atoms with Gasteiger partial charge in [-0.2, -0.15) is 9.27 Å². The fourth-order valence-electron chi connectivity index (χ4n) is 4.09. The van der Waals surface area contributed by atoms with Gasteiger partial charge in [0, 0.05) is 35.3 Å². The summed E-state index contributed by atoms with van der Waals surface area (Å²) in [5.74, 6) is -3.53. The minimum Gasteiger partial charge on any atom is -0.497 e. The summed E-state index contributed by atoms with van der Waals surface area (Å²) in [6, 6.07) is 9.10. The third kappa shape index (κ3) is 5.97. The maximum Gasteiger partial charge on any atom is 0.422 e. The molecule has 5 aromatic rings. The predicted octanol–water partition coefficient (Wildman–Crippen LogP) is 5.32. The largest absolute Gasteiger partial charge is 0.497 e.